The van der Waals surface area contributed by atoms with Crippen LogP contribution >= 0.6 is 11.8 Å². The van der Waals surface area contributed by atoms with Crippen LogP contribution in [0.5, 0.6) is 0 Å². The Kier molecular flexibility index (Phi) is 3.63. The molecule has 0 amide bonds. The number of imidazole rings is 1. The minimum absolute atomic E-state index is 0.0921. The topological polar surface area (TPSA) is 66.0 Å². The summed E-state index contributed by atoms with van der Waals surface area (Å²) in [5.41, 5.74) is 1.40. The lowest BCUT2D eigenvalue weighted by Crippen LogP contribution is -2.00. The van der Waals surface area contributed by atoms with E-state index in [1.807, 2.05) is 0 Å². The fourth-order valence-electron chi connectivity index (χ4n) is 1.48. The number of hydrogen-bond donors (Lipinski definition) is 2. The summed E-state index contributed by atoms with van der Waals surface area (Å²) in [6.45, 7) is 0. The van der Waals surface area contributed by atoms with Crippen LogP contribution in [0.2, 0.25) is 0 Å². The highest BCUT2D eigenvalue weighted by molar-refractivity contribution is 7.99. The number of nitrogens with one attached hydrogen (secondary N) is 1. The Hall–Kier alpha value is -1.56. The second kappa shape index (κ2) is 5.18. The molecule has 2 aromatic rings. The van der Waals surface area contributed by atoms with E-state index in [0.717, 1.165) is 11.3 Å². The van der Waals surface area contributed by atoms with Crippen molar-refractivity contribution in [1.82, 2.24) is 9.97 Å². The van der Waals surface area contributed by atoms with E-state index in [9.17, 15) is 9.18 Å². The van der Waals surface area contributed by atoms with Crippen LogP contribution in [-0.4, -0.2) is 32.5 Å². The number of nitrogens with zero attached hydrogens (tertiary/aromatic N) is 1. The molecule has 0 fully saturated rings. The Balaban J connectivity index is 1.97. The van der Waals surface area contributed by atoms with E-state index >= 15 is 0 Å². The van der Waals surface area contributed by atoms with Gasteiger partial charge < -0.3 is 10.1 Å². The molecule has 0 atom stereocenters. The number of aliphatic carboxylic acids is 1. The van der Waals surface area contributed by atoms with Crippen molar-refractivity contribution >= 4 is 28.8 Å². The van der Waals surface area contributed by atoms with Crippen LogP contribution in [0.15, 0.2) is 18.2 Å². The molecule has 0 unspecified atom stereocenters. The van der Waals surface area contributed by atoms with Gasteiger partial charge in [0.15, 0.2) is 0 Å². The predicted molar refractivity (Wildman–Crippen MR) is 64.7 cm³/mol. The van der Waals surface area contributed by atoms with Crippen molar-refractivity contribution < 1.29 is 14.3 Å². The Labute approximate surface area is 101 Å². The number of carbonyl (C=O) groups is 1. The van der Waals surface area contributed by atoms with Gasteiger partial charge in [0.1, 0.15) is 11.6 Å². The number of H-pyrrole nitrogens is 1. The number of benzene rings is 1. The fraction of sp³-hybridized carbons (Fsp3) is 0.273. The molecule has 6 heteroatoms. The van der Waals surface area contributed by atoms with Crippen LogP contribution in [0.1, 0.15) is 5.82 Å². The van der Waals surface area contributed by atoms with E-state index in [1.54, 1.807) is 6.07 Å². The summed E-state index contributed by atoms with van der Waals surface area (Å²) >= 11 is 1.34. The molecule has 1 heterocycles. The van der Waals surface area contributed by atoms with Gasteiger partial charge in [0.2, 0.25) is 0 Å². The molecule has 0 spiro atoms. The third-order valence-electron chi connectivity index (χ3n) is 2.20. The number of aryl methyl sites for hydroxylation is 1. The summed E-state index contributed by atoms with van der Waals surface area (Å²) < 4.78 is 12.9. The van der Waals surface area contributed by atoms with Crippen molar-refractivity contribution in [3.05, 3.63) is 29.8 Å². The molecule has 1 aromatic heterocycles. The second-order valence-electron chi connectivity index (χ2n) is 3.54. The van der Waals surface area contributed by atoms with Crippen LogP contribution < -0.4 is 0 Å². The quantitative estimate of drug-likeness (QED) is 0.801. The van der Waals surface area contributed by atoms with Gasteiger partial charge in [-0.2, -0.15) is 0 Å². The maximum Gasteiger partial charge on any atom is 0.313 e. The predicted octanol–water partition coefficient (Wildman–Crippen LogP) is 2.06. The number of aromatic nitrogens is 2. The Morgan fingerprint density at radius 3 is 3.12 bits per heavy atom. The summed E-state index contributed by atoms with van der Waals surface area (Å²) in [5, 5.41) is 8.47. The van der Waals surface area contributed by atoms with Gasteiger partial charge in [-0.15, -0.1) is 11.8 Å². The minimum atomic E-state index is -0.818. The molecule has 0 saturated carbocycles. The SMILES string of the molecule is O=C(O)CSCCc1nc2ccc(F)cc2[nH]1. The zero-order valence-corrected chi connectivity index (χ0v) is 9.76. The highest BCUT2D eigenvalue weighted by Gasteiger charge is 2.04. The fourth-order valence-corrected chi connectivity index (χ4v) is 2.14. The molecule has 2 rings (SSSR count). The third-order valence-corrected chi connectivity index (χ3v) is 3.15. The molecular weight excluding hydrogens is 243 g/mol. The summed E-state index contributed by atoms with van der Waals surface area (Å²) in [5.74, 6) is 0.404. The molecule has 0 aliphatic rings. The average Bonchev–Trinajstić information content (AvgIpc) is 2.66. The number of aromatic amines is 1. The van der Waals surface area contributed by atoms with Crippen molar-refractivity contribution in [2.24, 2.45) is 0 Å². The first kappa shape index (κ1) is 11.9. The largest absolute Gasteiger partial charge is 0.481 e. The van der Waals surface area contributed by atoms with Gasteiger partial charge in [0.25, 0.3) is 0 Å². The van der Waals surface area contributed by atoms with Gasteiger partial charge in [-0.1, -0.05) is 0 Å². The van der Waals surface area contributed by atoms with Gasteiger partial charge in [0, 0.05) is 12.2 Å². The normalized spacial score (nSPS) is 10.9. The zero-order chi connectivity index (χ0) is 12.3. The first-order valence-electron chi connectivity index (χ1n) is 5.09. The minimum Gasteiger partial charge on any atom is -0.481 e. The van der Waals surface area contributed by atoms with E-state index in [1.165, 1.54) is 23.9 Å². The van der Waals surface area contributed by atoms with E-state index in [-0.39, 0.29) is 11.6 Å². The number of fused-ring (bicyclic) bond motifs is 1. The Morgan fingerprint density at radius 1 is 1.53 bits per heavy atom. The van der Waals surface area contributed by atoms with Gasteiger partial charge in [0.05, 0.1) is 16.8 Å². The third kappa shape index (κ3) is 3.20. The number of halogens is 1. The molecule has 0 radical (unpaired) electrons. The van der Waals surface area contributed by atoms with Crippen molar-refractivity contribution in [2.75, 3.05) is 11.5 Å². The molecule has 17 heavy (non-hydrogen) atoms. The lowest BCUT2D eigenvalue weighted by Gasteiger charge is -1.95. The highest BCUT2D eigenvalue weighted by atomic mass is 32.2. The molecule has 0 saturated heterocycles. The zero-order valence-electron chi connectivity index (χ0n) is 8.94. The summed E-state index contributed by atoms with van der Waals surface area (Å²) in [4.78, 5) is 17.6. The maximum atomic E-state index is 12.9. The van der Waals surface area contributed by atoms with Crippen molar-refractivity contribution in [1.29, 1.82) is 0 Å². The van der Waals surface area contributed by atoms with Crippen molar-refractivity contribution in [3.63, 3.8) is 0 Å². The summed E-state index contributed by atoms with van der Waals surface area (Å²) in [6, 6.07) is 4.39. The first-order chi connectivity index (χ1) is 8.15. The number of carboxylic acid groups (broad SMARTS) is 1. The monoisotopic (exact) mass is 254 g/mol. The second-order valence-corrected chi connectivity index (χ2v) is 4.65. The number of hydrogen-bond acceptors (Lipinski definition) is 3. The van der Waals surface area contributed by atoms with Crippen LogP contribution in [-0.2, 0) is 11.2 Å². The molecular formula is C11H11FN2O2S. The van der Waals surface area contributed by atoms with E-state index in [0.29, 0.717) is 17.7 Å². The van der Waals surface area contributed by atoms with Gasteiger partial charge in [-0.05, 0) is 18.2 Å². The number of rotatable bonds is 5. The molecule has 90 valence electrons. The van der Waals surface area contributed by atoms with E-state index in [2.05, 4.69) is 9.97 Å². The average molecular weight is 254 g/mol. The molecule has 2 N–H and O–H groups in total. The molecule has 0 aliphatic heterocycles. The molecule has 4 nitrogen and oxygen atoms in total. The van der Waals surface area contributed by atoms with E-state index in [4.69, 9.17) is 5.11 Å². The van der Waals surface area contributed by atoms with Crippen LogP contribution in [0, 0.1) is 5.82 Å². The van der Waals surface area contributed by atoms with Gasteiger partial charge >= 0.3 is 5.97 Å². The molecule has 0 bridgehead atoms. The standard InChI is InChI=1S/C11H11FN2O2S/c12-7-1-2-8-9(5-7)14-10(13-8)3-4-17-6-11(15)16/h1-2,5H,3-4,6H2,(H,13,14)(H,15,16). The first-order valence-corrected chi connectivity index (χ1v) is 6.24. The summed E-state index contributed by atoms with van der Waals surface area (Å²) in [7, 11) is 0. The molecule has 1 aromatic carbocycles. The lowest BCUT2D eigenvalue weighted by molar-refractivity contribution is -0.133. The van der Waals surface area contributed by atoms with Crippen LogP contribution in [0.3, 0.4) is 0 Å². The van der Waals surface area contributed by atoms with Crippen molar-refractivity contribution in [3.8, 4) is 0 Å². The maximum absolute atomic E-state index is 12.9. The lowest BCUT2D eigenvalue weighted by atomic mass is 10.3. The van der Waals surface area contributed by atoms with Crippen molar-refractivity contribution in [2.45, 2.75) is 6.42 Å². The Bertz CT molecular complexity index is 541. The van der Waals surface area contributed by atoms with Gasteiger partial charge in [-0.25, -0.2) is 9.37 Å². The van der Waals surface area contributed by atoms with Gasteiger partial charge in [-0.3, -0.25) is 4.79 Å². The number of carboxylic acids is 1. The summed E-state index contributed by atoms with van der Waals surface area (Å²) in [6.07, 6.45) is 0.647. The van der Waals surface area contributed by atoms with E-state index < -0.39 is 5.97 Å². The van der Waals surface area contributed by atoms with Crippen LogP contribution in [0.4, 0.5) is 4.39 Å². The van der Waals surface area contributed by atoms with Crippen LogP contribution in [0.25, 0.3) is 11.0 Å². The number of thioether (sulfide) groups is 1. The highest BCUT2D eigenvalue weighted by Crippen LogP contribution is 2.14. The molecule has 0 aliphatic carbocycles. The smallest absolute Gasteiger partial charge is 0.313 e. The Morgan fingerprint density at radius 2 is 2.35 bits per heavy atom.